The van der Waals surface area contributed by atoms with Gasteiger partial charge in [0, 0.05) is 12.4 Å². The van der Waals surface area contributed by atoms with E-state index in [4.69, 9.17) is 9.47 Å². The van der Waals surface area contributed by atoms with Gasteiger partial charge in [0.1, 0.15) is 0 Å². The third-order valence-electron chi connectivity index (χ3n) is 6.81. The molecule has 1 heterocycles. The Labute approximate surface area is 213 Å². The number of aryl methyl sites for hydroxylation is 1. The van der Waals surface area contributed by atoms with Gasteiger partial charge in [-0.1, -0.05) is 48.5 Å². The lowest BCUT2D eigenvalue weighted by molar-refractivity contribution is 0.287. The highest BCUT2D eigenvalue weighted by atomic mass is 16.5. The predicted octanol–water partition coefficient (Wildman–Crippen LogP) is 6.91. The van der Waals surface area contributed by atoms with Crippen LogP contribution in [0.1, 0.15) is 41.7 Å². The van der Waals surface area contributed by atoms with Gasteiger partial charge in [-0.2, -0.15) is 10.2 Å². The molecule has 2 aliphatic rings. The highest BCUT2D eigenvalue weighted by molar-refractivity contribution is 5.79. The second-order valence-corrected chi connectivity index (χ2v) is 8.94. The van der Waals surface area contributed by atoms with Crippen LogP contribution in [0.2, 0.25) is 0 Å². The Morgan fingerprint density at radius 1 is 0.694 bits per heavy atom. The molecule has 0 saturated carbocycles. The van der Waals surface area contributed by atoms with Crippen LogP contribution in [-0.2, 0) is 25.7 Å². The molecule has 0 saturated heterocycles. The summed E-state index contributed by atoms with van der Waals surface area (Å²) in [5.74, 6) is 1.67. The van der Waals surface area contributed by atoms with Gasteiger partial charge in [-0.25, -0.2) is 0 Å². The molecular formula is C32H32N2O2. The number of hydrogen-bond donors (Lipinski definition) is 0. The van der Waals surface area contributed by atoms with Gasteiger partial charge < -0.3 is 9.47 Å². The summed E-state index contributed by atoms with van der Waals surface area (Å²) < 4.78 is 11.6. The van der Waals surface area contributed by atoms with Crippen LogP contribution in [0.25, 0.3) is 16.7 Å². The highest BCUT2D eigenvalue weighted by Gasteiger charge is 2.23. The fourth-order valence-electron chi connectivity index (χ4n) is 5.17. The Kier molecular flexibility index (Phi) is 7.41. The van der Waals surface area contributed by atoms with Crippen molar-refractivity contribution < 1.29 is 9.47 Å². The zero-order valence-corrected chi connectivity index (χ0v) is 21.0. The van der Waals surface area contributed by atoms with Crippen LogP contribution in [0.3, 0.4) is 0 Å². The molecule has 3 aromatic carbocycles. The molecule has 1 aromatic heterocycles. The minimum Gasteiger partial charge on any atom is -0.490 e. The average Bonchev–Trinajstić information content (AvgIpc) is 2.95. The molecule has 6 rings (SSSR count). The van der Waals surface area contributed by atoms with Crippen molar-refractivity contribution in [3.05, 3.63) is 113 Å². The number of nitrogens with zero attached hydrogens (tertiary/aromatic N) is 2. The molecule has 0 fully saturated rings. The molecule has 36 heavy (non-hydrogen) atoms. The van der Waals surface area contributed by atoms with Crippen LogP contribution in [0.5, 0.6) is 11.5 Å². The first kappa shape index (κ1) is 23.8. The number of fused-ring (bicyclic) bond motifs is 5. The minimum atomic E-state index is 0.637. The number of aromatic nitrogens is 2. The molecule has 0 amide bonds. The number of rotatable bonds is 5. The smallest absolute Gasteiger partial charge is 0.161 e. The minimum absolute atomic E-state index is 0.637. The fourth-order valence-corrected chi connectivity index (χ4v) is 5.17. The fraction of sp³-hybridized carbons (Fsp3) is 0.250. The van der Waals surface area contributed by atoms with E-state index >= 15 is 0 Å². The second kappa shape index (κ2) is 11.2. The monoisotopic (exact) mass is 476 g/mol. The van der Waals surface area contributed by atoms with E-state index in [1.165, 1.54) is 39.0 Å². The summed E-state index contributed by atoms with van der Waals surface area (Å²) in [6.07, 6.45) is 9.92. The Morgan fingerprint density at radius 2 is 1.47 bits per heavy atom. The lowest BCUT2D eigenvalue weighted by Crippen LogP contribution is -2.12. The molecule has 0 bridgehead atoms. The quantitative estimate of drug-likeness (QED) is 0.314. The average molecular weight is 477 g/mol. The zero-order valence-electron chi connectivity index (χ0n) is 21.0. The topological polar surface area (TPSA) is 44.2 Å². The summed E-state index contributed by atoms with van der Waals surface area (Å²) in [5.41, 5.74) is 11.5. The Bertz CT molecular complexity index is 1340. The van der Waals surface area contributed by atoms with E-state index in [-0.39, 0.29) is 0 Å². The summed E-state index contributed by atoms with van der Waals surface area (Å²) in [7, 11) is 0. The number of hydrogen-bond acceptors (Lipinski definition) is 4. The van der Waals surface area contributed by atoms with Gasteiger partial charge in [-0.3, -0.25) is 0 Å². The lowest BCUT2D eigenvalue weighted by Gasteiger charge is -2.27. The SMILES string of the molecule is CCOc1ccc(C2=CCc3ccc4c(c3C2)CCc2ccccc2-4)cc1OCC.c1ccnnc1. The molecule has 0 radical (unpaired) electrons. The second-order valence-electron chi connectivity index (χ2n) is 8.94. The van der Waals surface area contributed by atoms with Gasteiger partial charge in [0.05, 0.1) is 13.2 Å². The van der Waals surface area contributed by atoms with Crippen LogP contribution < -0.4 is 9.47 Å². The zero-order chi connectivity index (χ0) is 24.7. The third kappa shape index (κ3) is 5.03. The maximum Gasteiger partial charge on any atom is 0.161 e. The first-order chi connectivity index (χ1) is 17.8. The van der Waals surface area contributed by atoms with Gasteiger partial charge in [0.25, 0.3) is 0 Å². The molecule has 4 nitrogen and oxygen atoms in total. The molecule has 0 unspecified atom stereocenters. The van der Waals surface area contributed by atoms with Gasteiger partial charge in [0.2, 0.25) is 0 Å². The number of allylic oxidation sites excluding steroid dienone is 2. The van der Waals surface area contributed by atoms with Crippen LogP contribution in [0.15, 0.2) is 85.2 Å². The summed E-state index contributed by atoms with van der Waals surface area (Å²) in [6, 6.07) is 23.6. The predicted molar refractivity (Wildman–Crippen MR) is 145 cm³/mol. The molecule has 0 spiro atoms. The van der Waals surface area contributed by atoms with Crippen molar-refractivity contribution >= 4 is 5.57 Å². The van der Waals surface area contributed by atoms with Crippen molar-refractivity contribution in [3.8, 4) is 22.6 Å². The van der Waals surface area contributed by atoms with Crippen molar-refractivity contribution in [2.75, 3.05) is 13.2 Å². The normalized spacial score (nSPS) is 13.2. The first-order valence-corrected chi connectivity index (χ1v) is 12.8. The standard InChI is InChI=1S/C28H28O2.C4H4N2/c1-3-29-27-16-13-22(18-28(27)30-4-2)21-10-9-20-12-14-24-23-8-6-5-7-19(23)11-15-25(24)26(20)17-21;1-2-4-6-5-3-1/h5-8,10,12-14,16,18H,3-4,9,11,15,17H2,1-2H3;1-4H. The summed E-state index contributed by atoms with van der Waals surface area (Å²) in [5, 5.41) is 7.07. The Hall–Kier alpha value is -3.92. The number of ether oxygens (including phenoxy) is 2. The van der Waals surface area contributed by atoms with E-state index in [0.29, 0.717) is 13.2 Å². The maximum absolute atomic E-state index is 5.87. The van der Waals surface area contributed by atoms with E-state index in [1.54, 1.807) is 18.0 Å². The van der Waals surface area contributed by atoms with Crippen molar-refractivity contribution in [3.63, 3.8) is 0 Å². The van der Waals surface area contributed by atoms with E-state index in [1.807, 2.05) is 26.0 Å². The van der Waals surface area contributed by atoms with Gasteiger partial charge in [-0.15, -0.1) is 0 Å². The largest absolute Gasteiger partial charge is 0.490 e. The van der Waals surface area contributed by atoms with Crippen LogP contribution in [0, 0.1) is 0 Å². The summed E-state index contributed by atoms with van der Waals surface area (Å²) >= 11 is 0. The lowest BCUT2D eigenvalue weighted by atomic mass is 9.77. The first-order valence-electron chi connectivity index (χ1n) is 12.8. The molecule has 0 atom stereocenters. The van der Waals surface area contributed by atoms with E-state index in [2.05, 4.69) is 70.9 Å². The maximum atomic E-state index is 5.87. The summed E-state index contributed by atoms with van der Waals surface area (Å²) in [6.45, 7) is 5.30. The van der Waals surface area contributed by atoms with E-state index in [0.717, 1.165) is 37.2 Å². The van der Waals surface area contributed by atoms with Crippen molar-refractivity contribution in [2.24, 2.45) is 0 Å². The van der Waals surface area contributed by atoms with E-state index in [9.17, 15) is 0 Å². The molecular weight excluding hydrogens is 444 g/mol. The molecule has 0 N–H and O–H groups in total. The van der Waals surface area contributed by atoms with Crippen LogP contribution in [-0.4, -0.2) is 23.4 Å². The molecule has 4 aromatic rings. The van der Waals surface area contributed by atoms with Crippen molar-refractivity contribution in [2.45, 2.75) is 39.5 Å². The number of benzene rings is 3. The van der Waals surface area contributed by atoms with Crippen molar-refractivity contribution in [1.82, 2.24) is 10.2 Å². The van der Waals surface area contributed by atoms with Gasteiger partial charge in [0.15, 0.2) is 11.5 Å². The van der Waals surface area contributed by atoms with E-state index < -0.39 is 0 Å². The van der Waals surface area contributed by atoms with Crippen molar-refractivity contribution in [1.29, 1.82) is 0 Å². The molecule has 2 aliphatic carbocycles. The van der Waals surface area contributed by atoms with Crippen LogP contribution >= 0.6 is 0 Å². The Balaban J connectivity index is 0.000000391. The molecule has 182 valence electrons. The summed E-state index contributed by atoms with van der Waals surface area (Å²) in [4.78, 5) is 0. The molecule has 0 aliphatic heterocycles. The van der Waals surface area contributed by atoms with Crippen LogP contribution in [0.4, 0.5) is 0 Å². The molecule has 4 heteroatoms. The third-order valence-corrected chi connectivity index (χ3v) is 6.81. The van der Waals surface area contributed by atoms with Gasteiger partial charge >= 0.3 is 0 Å². The van der Waals surface area contributed by atoms with Gasteiger partial charge in [-0.05, 0) is 108 Å². The highest BCUT2D eigenvalue weighted by Crippen LogP contribution is 2.40. The Morgan fingerprint density at radius 3 is 2.22 bits per heavy atom.